The lowest BCUT2D eigenvalue weighted by atomic mass is 9.42. The van der Waals surface area contributed by atoms with Crippen LogP contribution < -0.4 is 5.73 Å². The molecule has 2 bridgehead atoms. The van der Waals surface area contributed by atoms with Gasteiger partial charge in [0, 0.05) is 18.0 Å². The fourth-order valence-electron chi connectivity index (χ4n) is 8.33. The van der Waals surface area contributed by atoms with E-state index < -0.39 is 0 Å². The number of fused-ring (bicyclic) bond motifs is 1. The van der Waals surface area contributed by atoms with Crippen LogP contribution in [0.5, 0.6) is 0 Å². The molecule has 6 rings (SSSR count). The number of rotatable bonds is 5. The van der Waals surface area contributed by atoms with Crippen molar-refractivity contribution in [2.45, 2.75) is 89.1 Å². The van der Waals surface area contributed by atoms with Crippen LogP contribution in [0.25, 0.3) is 0 Å². The topological polar surface area (TPSA) is 29.3 Å². The molecule has 1 aromatic carbocycles. The van der Waals surface area contributed by atoms with Crippen LogP contribution in [0.15, 0.2) is 24.3 Å². The fraction of sp³-hybridized carbons (Fsp3) is 0.704. The Balaban J connectivity index is 1.61. The van der Waals surface area contributed by atoms with Gasteiger partial charge in [-0.1, -0.05) is 38.1 Å². The second kappa shape index (κ2) is 5.77. The summed E-state index contributed by atoms with van der Waals surface area (Å²) < 4.78 is 0. The van der Waals surface area contributed by atoms with Crippen LogP contribution in [0.4, 0.5) is 0 Å². The molecule has 4 unspecified atom stereocenters. The zero-order valence-electron chi connectivity index (χ0n) is 18.7. The van der Waals surface area contributed by atoms with E-state index in [9.17, 15) is 0 Å². The molecule has 0 radical (unpaired) electrons. The number of nitrogens with zero attached hydrogens (tertiary/aromatic N) is 1. The van der Waals surface area contributed by atoms with Crippen LogP contribution in [-0.4, -0.2) is 29.6 Å². The van der Waals surface area contributed by atoms with Crippen LogP contribution in [0.2, 0.25) is 0 Å². The van der Waals surface area contributed by atoms with Crippen molar-refractivity contribution < 1.29 is 0 Å². The van der Waals surface area contributed by atoms with Gasteiger partial charge >= 0.3 is 0 Å². The highest BCUT2D eigenvalue weighted by molar-refractivity contribution is 5.61. The Morgan fingerprint density at radius 2 is 2.00 bits per heavy atom. The summed E-state index contributed by atoms with van der Waals surface area (Å²) in [6.07, 6.45) is 10.2. The Morgan fingerprint density at radius 3 is 2.66 bits per heavy atom. The monoisotopic (exact) mass is 390 g/mol. The minimum atomic E-state index is -0.285. The first-order chi connectivity index (χ1) is 13.9. The zero-order chi connectivity index (χ0) is 20.2. The van der Waals surface area contributed by atoms with Crippen molar-refractivity contribution in [3.05, 3.63) is 46.5 Å². The van der Waals surface area contributed by atoms with Crippen LogP contribution >= 0.6 is 0 Å². The third-order valence-electron chi connectivity index (χ3n) is 10.2. The molecule has 1 saturated heterocycles. The van der Waals surface area contributed by atoms with Crippen molar-refractivity contribution in [2.24, 2.45) is 23.0 Å². The number of aryl methyl sites for hydroxylation is 1. The third kappa shape index (κ3) is 2.11. The average molecular weight is 391 g/mol. The number of nitrogens with two attached hydrogens (primary N) is 1. The molecule has 29 heavy (non-hydrogen) atoms. The summed E-state index contributed by atoms with van der Waals surface area (Å²) in [5.74, 6) is 1.79. The lowest BCUT2D eigenvalue weighted by Crippen LogP contribution is -2.75. The van der Waals surface area contributed by atoms with Gasteiger partial charge in [-0.25, -0.2) is 0 Å². The van der Waals surface area contributed by atoms with Crippen molar-refractivity contribution >= 4 is 0 Å². The molecule has 2 heteroatoms. The summed E-state index contributed by atoms with van der Waals surface area (Å²) in [6, 6.07) is 5.49. The zero-order valence-corrected chi connectivity index (χ0v) is 18.7. The van der Waals surface area contributed by atoms with E-state index in [1.165, 1.54) is 62.8 Å². The van der Waals surface area contributed by atoms with Gasteiger partial charge in [0.05, 0.1) is 5.54 Å². The SMILES string of the molecule is C=C(CC)C1(N)Cc2c(C)ccc3c2C12CCN(CC1CC1)C(C3)C2(C)C1CC1. The summed E-state index contributed by atoms with van der Waals surface area (Å²) in [5, 5.41) is 0. The molecule has 5 aliphatic rings. The van der Waals surface area contributed by atoms with Crippen LogP contribution in [0, 0.1) is 24.2 Å². The van der Waals surface area contributed by atoms with E-state index >= 15 is 0 Å². The van der Waals surface area contributed by atoms with Crippen LogP contribution in [0.1, 0.15) is 74.6 Å². The molecule has 2 N–H and O–H groups in total. The van der Waals surface area contributed by atoms with Crippen LogP contribution in [-0.2, 0) is 18.3 Å². The van der Waals surface area contributed by atoms with Gasteiger partial charge in [0.15, 0.2) is 0 Å². The summed E-state index contributed by atoms with van der Waals surface area (Å²) >= 11 is 0. The highest BCUT2D eigenvalue weighted by Crippen LogP contribution is 2.72. The number of hydrogen-bond acceptors (Lipinski definition) is 2. The second-order valence-corrected chi connectivity index (χ2v) is 11.4. The third-order valence-corrected chi connectivity index (χ3v) is 10.2. The van der Waals surface area contributed by atoms with E-state index in [1.807, 2.05) is 0 Å². The molecule has 3 fully saturated rings. The number of likely N-dealkylation sites (tertiary alicyclic amines) is 1. The van der Waals surface area contributed by atoms with Gasteiger partial charge < -0.3 is 5.73 Å². The molecular weight excluding hydrogens is 352 g/mol. The normalized spacial score (nSPS) is 40.8. The molecule has 2 saturated carbocycles. The number of benzene rings is 1. The summed E-state index contributed by atoms with van der Waals surface area (Å²) in [4.78, 5) is 2.91. The predicted molar refractivity (Wildman–Crippen MR) is 120 cm³/mol. The molecule has 4 aliphatic carbocycles. The highest BCUT2D eigenvalue weighted by Gasteiger charge is 2.74. The summed E-state index contributed by atoms with van der Waals surface area (Å²) in [7, 11) is 0. The Labute approximate surface area is 176 Å². The van der Waals surface area contributed by atoms with E-state index in [2.05, 4.69) is 44.4 Å². The van der Waals surface area contributed by atoms with E-state index in [0.29, 0.717) is 6.04 Å². The Hall–Kier alpha value is -1.12. The summed E-state index contributed by atoms with van der Waals surface area (Å²) in [6.45, 7) is 14.4. The molecule has 0 amide bonds. The maximum absolute atomic E-state index is 7.61. The van der Waals surface area contributed by atoms with E-state index in [-0.39, 0.29) is 16.4 Å². The average Bonchev–Trinajstić information content (AvgIpc) is 3.60. The van der Waals surface area contributed by atoms with Crippen molar-refractivity contribution in [3.63, 3.8) is 0 Å². The number of piperidine rings is 1. The van der Waals surface area contributed by atoms with E-state index in [0.717, 1.165) is 24.7 Å². The number of hydrogen-bond donors (Lipinski definition) is 1. The standard InChI is InChI=1S/C27H38N2/c1-5-18(3)27(28)15-22-17(2)6-9-20-14-23-25(4,21-10-11-21)26(27,24(20)22)12-13-29(23)16-19-7-8-19/h6,9,19,21,23H,3,5,7-8,10-16,28H2,1-2,4H3. The first-order valence-electron chi connectivity index (χ1n) is 12.2. The first kappa shape index (κ1) is 18.6. The second-order valence-electron chi connectivity index (χ2n) is 11.4. The molecular formula is C27H38N2. The molecule has 1 aromatic rings. The lowest BCUT2D eigenvalue weighted by Gasteiger charge is -2.67. The molecule has 1 heterocycles. The molecule has 0 aromatic heterocycles. The van der Waals surface area contributed by atoms with Gasteiger partial charge in [0.2, 0.25) is 0 Å². The van der Waals surface area contributed by atoms with Gasteiger partial charge in [0.25, 0.3) is 0 Å². The van der Waals surface area contributed by atoms with Gasteiger partial charge in [-0.15, -0.1) is 0 Å². The maximum atomic E-state index is 7.61. The van der Waals surface area contributed by atoms with Crippen molar-refractivity contribution in [1.29, 1.82) is 0 Å². The Morgan fingerprint density at radius 1 is 1.24 bits per heavy atom. The van der Waals surface area contributed by atoms with E-state index in [4.69, 9.17) is 5.73 Å². The minimum Gasteiger partial charge on any atom is -0.321 e. The first-order valence-corrected chi connectivity index (χ1v) is 12.2. The van der Waals surface area contributed by atoms with Gasteiger partial charge in [0.1, 0.15) is 0 Å². The molecule has 156 valence electrons. The molecule has 2 nitrogen and oxygen atoms in total. The van der Waals surface area contributed by atoms with Crippen LogP contribution in [0.3, 0.4) is 0 Å². The predicted octanol–water partition coefficient (Wildman–Crippen LogP) is 4.91. The van der Waals surface area contributed by atoms with Crippen molar-refractivity contribution in [1.82, 2.24) is 4.90 Å². The molecule has 1 spiro atoms. The molecule has 1 aliphatic heterocycles. The molecule has 4 atom stereocenters. The maximum Gasteiger partial charge on any atom is 0.0511 e. The fourth-order valence-corrected chi connectivity index (χ4v) is 8.33. The largest absolute Gasteiger partial charge is 0.321 e. The Bertz CT molecular complexity index is 894. The highest BCUT2D eigenvalue weighted by atomic mass is 15.2. The van der Waals surface area contributed by atoms with Gasteiger partial charge in [-0.2, -0.15) is 0 Å². The van der Waals surface area contributed by atoms with Crippen molar-refractivity contribution in [2.75, 3.05) is 13.1 Å². The quantitative estimate of drug-likeness (QED) is 0.724. The van der Waals surface area contributed by atoms with Gasteiger partial charge in [-0.3, -0.25) is 4.90 Å². The Kier molecular flexibility index (Phi) is 3.70. The smallest absolute Gasteiger partial charge is 0.0511 e. The van der Waals surface area contributed by atoms with Gasteiger partial charge in [-0.05, 0) is 104 Å². The van der Waals surface area contributed by atoms with Crippen molar-refractivity contribution in [3.8, 4) is 0 Å². The van der Waals surface area contributed by atoms with E-state index in [1.54, 1.807) is 16.7 Å². The minimum absolute atomic E-state index is 0.0773. The lowest BCUT2D eigenvalue weighted by molar-refractivity contribution is -0.0946. The summed E-state index contributed by atoms with van der Waals surface area (Å²) in [5.41, 5.74) is 15.3.